The number of hydrogen-bond acceptors (Lipinski definition) is 3. The summed E-state index contributed by atoms with van der Waals surface area (Å²) in [5.41, 5.74) is 9.57. The zero-order valence-corrected chi connectivity index (χ0v) is 40.6. The van der Waals surface area contributed by atoms with Crippen LogP contribution in [0, 0.1) is 25.7 Å². The normalized spacial score (nSPS) is 9.55. The average molecular weight is 777 g/mol. The van der Waals surface area contributed by atoms with Crippen LogP contribution < -0.4 is 0 Å². The lowest BCUT2D eigenvalue weighted by Crippen LogP contribution is -2.01. The molecule has 2 aromatic carbocycles. The number of hydrogen-bond donors (Lipinski definition) is 0. The van der Waals surface area contributed by atoms with Crippen LogP contribution in [-0.4, -0.2) is 26.2 Å². The van der Waals surface area contributed by atoms with Crippen molar-refractivity contribution in [1.82, 2.24) is 0 Å². The molecule has 0 amide bonds. The fourth-order valence-corrected chi connectivity index (χ4v) is 4.74. The van der Waals surface area contributed by atoms with Crippen LogP contribution in [0.15, 0.2) is 54.6 Å². The molecule has 2 aromatic rings. The molecule has 2 rings (SSSR count). The minimum Gasteiger partial charge on any atom is -0.303 e. The minimum atomic E-state index is 0.106. The van der Waals surface area contributed by atoms with Gasteiger partial charge in [0.2, 0.25) is 0 Å². The standard InChI is InChI=1S/C16H26.C13H15BO.C6H14.C5H8O.C5H10O.C3H8.2C2H6/c1-5-8-13(3)11-12-16-14(4)9-7-10-15(16)6-2;1-9(2)13(8-15)12-6-11(7-14)5-4-10(12)3;1-4-6(3)5-2;1-3-5(6)4-2;1-2-3-4-5-6;1-3-2;2*1-2/h7,9-10,13H,5-6,8,11-12H2,1-4H3;4-6,8H,7H2,1-3H3;6H,4-5H2,1-3H3;3H,1,4H2,2H3;5H,2-4H2,1H3;3H2,1-2H3;2*1-2H3. The SMILES string of the molecule is C=CC(=O)CC.CC.CC.CCC.CCC(C)CC.CCCC(C)CCc1c(C)cccc1CC.CCCCC=O.[B]Cc1ccc(C)c(C(C=O)=C(C)C)c1. The highest BCUT2D eigenvalue weighted by Gasteiger charge is 2.08. The Morgan fingerprint density at radius 2 is 1.34 bits per heavy atom. The largest absolute Gasteiger partial charge is 0.303 e. The summed E-state index contributed by atoms with van der Waals surface area (Å²) in [6.45, 7) is 41.2. The summed E-state index contributed by atoms with van der Waals surface area (Å²) in [4.78, 5) is 30.6. The molecule has 322 valence electrons. The number of aldehydes is 2. The fraction of sp³-hybridized carbons (Fsp3) is 0.635. The summed E-state index contributed by atoms with van der Waals surface area (Å²) >= 11 is 0. The third-order valence-corrected chi connectivity index (χ3v) is 8.69. The summed E-state index contributed by atoms with van der Waals surface area (Å²) < 4.78 is 0. The Morgan fingerprint density at radius 1 is 0.786 bits per heavy atom. The lowest BCUT2D eigenvalue weighted by atomic mass is 9.91. The van der Waals surface area contributed by atoms with Crippen LogP contribution in [-0.2, 0) is 33.5 Å². The highest BCUT2D eigenvalue weighted by Crippen LogP contribution is 2.22. The van der Waals surface area contributed by atoms with Gasteiger partial charge in [0.1, 0.15) is 6.29 Å². The van der Waals surface area contributed by atoms with E-state index in [1.807, 2.05) is 73.6 Å². The number of rotatable bonds is 16. The molecule has 1 unspecified atom stereocenters. The van der Waals surface area contributed by atoms with E-state index in [0.717, 1.165) is 71.5 Å². The second-order valence-corrected chi connectivity index (χ2v) is 13.8. The van der Waals surface area contributed by atoms with Gasteiger partial charge in [0, 0.05) is 18.4 Å². The van der Waals surface area contributed by atoms with Crippen LogP contribution in [0.3, 0.4) is 0 Å². The predicted octanol–water partition coefficient (Wildman–Crippen LogP) is 16.0. The molecule has 0 saturated heterocycles. The van der Waals surface area contributed by atoms with Gasteiger partial charge in [0.15, 0.2) is 12.1 Å². The molecule has 2 radical (unpaired) electrons. The van der Waals surface area contributed by atoms with Crippen molar-refractivity contribution in [3.63, 3.8) is 0 Å². The number of carbonyl (C=O) groups is 3. The van der Waals surface area contributed by atoms with Gasteiger partial charge in [-0.05, 0) is 99.1 Å². The number of ketones is 1. The van der Waals surface area contributed by atoms with E-state index in [0.29, 0.717) is 12.7 Å². The van der Waals surface area contributed by atoms with Gasteiger partial charge < -0.3 is 4.79 Å². The van der Waals surface area contributed by atoms with Crippen LogP contribution in [0.5, 0.6) is 0 Å². The summed E-state index contributed by atoms with van der Waals surface area (Å²) in [5, 5.41) is 0. The fourth-order valence-electron chi connectivity index (χ4n) is 4.74. The maximum atomic E-state index is 11.0. The second kappa shape index (κ2) is 50.0. The molecular formula is C52H93BO3. The summed E-state index contributed by atoms with van der Waals surface area (Å²) in [7, 11) is 5.58. The Labute approximate surface area is 352 Å². The molecule has 0 spiro atoms. The van der Waals surface area contributed by atoms with Gasteiger partial charge >= 0.3 is 0 Å². The topological polar surface area (TPSA) is 51.2 Å². The molecule has 0 fully saturated rings. The monoisotopic (exact) mass is 777 g/mol. The Hall–Kier alpha value is -3.01. The van der Waals surface area contributed by atoms with E-state index in [-0.39, 0.29) is 5.78 Å². The quantitative estimate of drug-likeness (QED) is 0.0738. The number of benzene rings is 2. The number of unbranched alkanes of at least 4 members (excludes halogenated alkanes) is 2. The van der Waals surface area contributed by atoms with Crippen molar-refractivity contribution in [2.24, 2.45) is 11.8 Å². The van der Waals surface area contributed by atoms with E-state index in [4.69, 9.17) is 7.85 Å². The number of carbonyl (C=O) groups excluding carboxylic acids is 3. The summed E-state index contributed by atoms with van der Waals surface area (Å²) in [6, 6.07) is 12.7. The number of aryl methyl sites for hydroxylation is 3. The molecule has 1 atom stereocenters. The van der Waals surface area contributed by atoms with E-state index in [2.05, 4.69) is 94.0 Å². The third-order valence-electron chi connectivity index (χ3n) is 8.69. The molecule has 0 bridgehead atoms. The zero-order chi connectivity index (χ0) is 44.9. The number of allylic oxidation sites excluding steroid dienone is 3. The Morgan fingerprint density at radius 3 is 1.66 bits per heavy atom. The first-order valence-corrected chi connectivity index (χ1v) is 22.3. The molecule has 0 N–H and O–H groups in total. The Kier molecular flexibility index (Phi) is 57.9. The lowest BCUT2D eigenvalue weighted by molar-refractivity contribution is -0.114. The van der Waals surface area contributed by atoms with Crippen LogP contribution in [0.1, 0.15) is 208 Å². The van der Waals surface area contributed by atoms with Gasteiger partial charge in [-0.15, -0.1) is 0 Å². The van der Waals surface area contributed by atoms with Crippen molar-refractivity contribution >= 4 is 31.8 Å². The van der Waals surface area contributed by atoms with Gasteiger partial charge in [0.05, 0.1) is 7.85 Å². The second-order valence-electron chi connectivity index (χ2n) is 13.8. The molecular weight excluding hydrogens is 683 g/mol. The summed E-state index contributed by atoms with van der Waals surface area (Å²) in [5.74, 6) is 1.91. The van der Waals surface area contributed by atoms with Gasteiger partial charge in [-0.2, -0.15) is 0 Å². The molecule has 0 aliphatic rings. The third kappa shape index (κ3) is 39.2. The van der Waals surface area contributed by atoms with Gasteiger partial charge in [-0.25, -0.2) is 0 Å². The minimum absolute atomic E-state index is 0.106. The van der Waals surface area contributed by atoms with Crippen molar-refractivity contribution < 1.29 is 14.4 Å². The molecule has 0 heterocycles. The molecule has 4 heteroatoms. The lowest BCUT2D eigenvalue weighted by Gasteiger charge is -2.14. The maximum Gasteiger partial charge on any atom is 0.154 e. The van der Waals surface area contributed by atoms with Crippen LogP contribution >= 0.6 is 0 Å². The van der Waals surface area contributed by atoms with Crippen LogP contribution in [0.25, 0.3) is 5.57 Å². The van der Waals surface area contributed by atoms with E-state index in [9.17, 15) is 14.4 Å². The van der Waals surface area contributed by atoms with Gasteiger partial charge in [-0.1, -0.05) is 196 Å². The van der Waals surface area contributed by atoms with Gasteiger partial charge in [-0.3, -0.25) is 9.59 Å². The van der Waals surface area contributed by atoms with Crippen molar-refractivity contribution in [1.29, 1.82) is 0 Å². The van der Waals surface area contributed by atoms with E-state index >= 15 is 0 Å². The first kappa shape index (κ1) is 64.9. The molecule has 56 heavy (non-hydrogen) atoms. The van der Waals surface area contributed by atoms with Crippen molar-refractivity contribution in [3.05, 3.63) is 88.0 Å². The molecule has 0 aliphatic heterocycles. The highest BCUT2D eigenvalue weighted by atomic mass is 16.1. The first-order valence-electron chi connectivity index (χ1n) is 22.3. The van der Waals surface area contributed by atoms with Crippen molar-refractivity contribution in [2.45, 2.75) is 208 Å². The predicted molar refractivity (Wildman–Crippen MR) is 257 cm³/mol. The van der Waals surface area contributed by atoms with Crippen LogP contribution in [0.2, 0.25) is 0 Å². The van der Waals surface area contributed by atoms with E-state index < -0.39 is 0 Å². The Bertz CT molecular complexity index is 1200. The van der Waals surface area contributed by atoms with Crippen LogP contribution in [0.4, 0.5) is 0 Å². The molecule has 0 aromatic heterocycles. The summed E-state index contributed by atoms with van der Waals surface area (Å²) in [6.07, 6.45) is 17.5. The molecule has 3 nitrogen and oxygen atoms in total. The maximum absolute atomic E-state index is 11.0. The smallest absolute Gasteiger partial charge is 0.154 e. The van der Waals surface area contributed by atoms with Crippen molar-refractivity contribution in [2.75, 3.05) is 0 Å². The van der Waals surface area contributed by atoms with Crippen molar-refractivity contribution in [3.8, 4) is 0 Å². The van der Waals surface area contributed by atoms with E-state index in [1.165, 1.54) is 63.0 Å². The molecule has 0 saturated carbocycles. The zero-order valence-electron chi connectivity index (χ0n) is 40.6. The van der Waals surface area contributed by atoms with Gasteiger partial charge in [0.25, 0.3) is 0 Å². The Balaban J connectivity index is -0.000000143. The first-order chi connectivity index (χ1) is 26.7. The molecule has 0 aliphatic carbocycles. The van der Waals surface area contributed by atoms with E-state index in [1.54, 1.807) is 11.1 Å². The highest BCUT2D eigenvalue weighted by molar-refractivity contribution is 6.10. The average Bonchev–Trinajstić information content (AvgIpc) is 3.22.